The number of aromatic amines is 1. The molecule has 1 fully saturated rings. The van der Waals surface area contributed by atoms with E-state index in [0.717, 1.165) is 0 Å². The second kappa shape index (κ2) is 7.06. The molecule has 1 saturated heterocycles. The Morgan fingerprint density at radius 2 is 2.12 bits per heavy atom. The number of hydrogen-bond donors (Lipinski definition) is 4. The van der Waals surface area contributed by atoms with Crippen LogP contribution in [0, 0.1) is 10.5 Å². The lowest BCUT2D eigenvalue weighted by atomic mass is 10.2. The van der Waals surface area contributed by atoms with E-state index in [2.05, 4.69) is 21.1 Å². The van der Waals surface area contributed by atoms with Crippen molar-refractivity contribution in [3.63, 3.8) is 0 Å². The van der Waals surface area contributed by atoms with Crippen LogP contribution in [-0.4, -0.2) is 36.7 Å². The maximum Gasteiger partial charge on any atom is 0.481 e. The molecule has 0 radical (unpaired) electrons. The van der Waals surface area contributed by atoms with E-state index in [-0.39, 0.29) is 6.42 Å². The zero-order chi connectivity index (χ0) is 19.0. The normalized spacial score (nSPS) is 26.5. The summed E-state index contributed by atoms with van der Waals surface area (Å²) < 4.78 is 62.5. The van der Waals surface area contributed by atoms with Crippen LogP contribution in [0.15, 0.2) is 11.0 Å². The lowest BCUT2D eigenvalue weighted by Gasteiger charge is -2.22. The molecule has 0 aromatic carbocycles. The van der Waals surface area contributed by atoms with E-state index in [1.165, 1.54) is 0 Å². The van der Waals surface area contributed by atoms with Crippen LogP contribution in [0.1, 0.15) is 19.1 Å². The van der Waals surface area contributed by atoms with Crippen molar-refractivity contribution in [2.75, 3.05) is 6.61 Å². The zero-order valence-corrected chi connectivity index (χ0v) is 14.7. The Kier molecular flexibility index (Phi) is 5.79. The minimum absolute atomic E-state index is 0.126. The van der Waals surface area contributed by atoms with Crippen molar-refractivity contribution in [1.82, 2.24) is 9.55 Å². The number of ether oxygens (including phenoxy) is 1. The first-order valence-electron chi connectivity index (χ1n) is 6.42. The number of phosphoric acid groups is 2. The van der Waals surface area contributed by atoms with E-state index in [9.17, 15) is 22.7 Å². The molecular weight excluding hydrogens is 412 g/mol. The van der Waals surface area contributed by atoms with Gasteiger partial charge in [-0.25, -0.2) is 22.7 Å². The van der Waals surface area contributed by atoms with Gasteiger partial charge in [0.2, 0.25) is 5.85 Å². The molecule has 1 aromatic heterocycles. The molecule has 1 unspecified atom stereocenters. The molecule has 0 spiro atoms. The molecule has 4 N–H and O–H groups in total. The number of H-pyrrole nitrogens is 1. The molecule has 0 bridgehead atoms. The van der Waals surface area contributed by atoms with Gasteiger partial charge >= 0.3 is 21.3 Å². The van der Waals surface area contributed by atoms with Gasteiger partial charge in [0.25, 0.3) is 0 Å². The predicted octanol–water partition coefficient (Wildman–Crippen LogP) is 1.25. The summed E-state index contributed by atoms with van der Waals surface area (Å²) in [4.78, 5) is 39.7. The zero-order valence-electron chi connectivity index (χ0n) is 12.1. The van der Waals surface area contributed by atoms with Gasteiger partial charge in [0.15, 0.2) is 5.82 Å². The van der Waals surface area contributed by atoms with Gasteiger partial charge in [0.05, 0.1) is 6.20 Å². The lowest BCUT2D eigenvalue weighted by molar-refractivity contribution is -0.175. The number of phosphoric ester groups is 1. The molecule has 3 atom stereocenters. The molecule has 2 heterocycles. The summed E-state index contributed by atoms with van der Waals surface area (Å²) in [7, 11) is -10.6. The minimum atomic E-state index is -5.35. The van der Waals surface area contributed by atoms with Crippen LogP contribution < -0.4 is 5.69 Å². The van der Waals surface area contributed by atoms with Crippen molar-refractivity contribution in [3.05, 3.63) is 27.1 Å². The van der Waals surface area contributed by atoms with Crippen molar-refractivity contribution in [3.8, 4) is 0 Å². The highest BCUT2D eigenvalue weighted by Gasteiger charge is 2.45. The first-order chi connectivity index (χ1) is 11.3. The van der Waals surface area contributed by atoms with E-state index in [0.29, 0.717) is 10.8 Å². The third kappa shape index (κ3) is 5.58. The smallest absolute Gasteiger partial charge is 0.320 e. The quantitative estimate of drug-likeness (QED) is 0.386. The van der Waals surface area contributed by atoms with Crippen LogP contribution in [0.2, 0.25) is 0 Å². The number of aromatic nitrogens is 2. The number of hydrogen-bond acceptors (Lipinski definition) is 7. The van der Waals surface area contributed by atoms with Crippen LogP contribution in [0.3, 0.4) is 0 Å². The van der Waals surface area contributed by atoms with Gasteiger partial charge in [-0.05, 0) is 6.42 Å². The highest BCUT2D eigenvalue weighted by Crippen LogP contribution is 2.58. The summed E-state index contributed by atoms with van der Waals surface area (Å²) >= 11 is 4.53. The van der Waals surface area contributed by atoms with Crippen LogP contribution in [-0.2, 0) is 22.7 Å². The van der Waals surface area contributed by atoms with Crippen LogP contribution >= 0.6 is 27.9 Å². The number of nitrogens with zero attached hydrogens (tertiary/aromatic N) is 1. The Hall–Kier alpha value is -0.820. The number of nitrogens with one attached hydrogen (secondary N) is 1. The molecule has 11 nitrogen and oxygen atoms in total. The molecule has 1 aliphatic rings. The largest absolute Gasteiger partial charge is 0.481 e. The SMILES string of the molecule is O=c1[nH]c(=S)c(F)cn1[C@H]1CC[C@@](F)(COP(=O)(O)OP(=O)(O)O)O1. The average molecular weight is 424 g/mol. The first kappa shape index (κ1) is 20.5. The number of rotatable bonds is 6. The highest BCUT2D eigenvalue weighted by atomic mass is 32.1. The second-order valence-electron chi connectivity index (χ2n) is 4.95. The molecule has 1 aliphatic heterocycles. The fourth-order valence-corrected chi connectivity index (χ4v) is 3.77. The molecule has 0 saturated carbocycles. The fraction of sp³-hybridized carbons (Fsp3) is 0.556. The molecule has 142 valence electrons. The molecular formula is C9H12F2N2O9P2S. The van der Waals surface area contributed by atoms with Crippen LogP contribution in [0.4, 0.5) is 8.78 Å². The third-order valence-corrected chi connectivity index (χ3v) is 5.43. The molecule has 16 heteroatoms. The van der Waals surface area contributed by atoms with Crippen LogP contribution in [0.5, 0.6) is 0 Å². The number of alkyl halides is 1. The van der Waals surface area contributed by atoms with Crippen molar-refractivity contribution < 1.29 is 46.2 Å². The third-order valence-electron chi connectivity index (χ3n) is 3.00. The van der Waals surface area contributed by atoms with Crippen LogP contribution in [0.25, 0.3) is 0 Å². The Bertz CT molecular complexity index is 869. The van der Waals surface area contributed by atoms with Crippen molar-refractivity contribution in [1.29, 1.82) is 0 Å². The van der Waals surface area contributed by atoms with Gasteiger partial charge in [0, 0.05) is 6.42 Å². The van der Waals surface area contributed by atoms with Gasteiger partial charge < -0.3 is 19.4 Å². The summed E-state index contributed by atoms with van der Waals surface area (Å²) in [6.45, 7) is -1.22. The Balaban J connectivity index is 2.07. The maximum atomic E-state index is 14.5. The Morgan fingerprint density at radius 1 is 1.48 bits per heavy atom. The maximum absolute atomic E-state index is 14.5. The van der Waals surface area contributed by atoms with E-state index in [4.69, 9.17) is 19.4 Å². The second-order valence-corrected chi connectivity index (χ2v) is 8.19. The average Bonchev–Trinajstić information content (AvgIpc) is 2.81. The Labute approximate surface area is 143 Å². The molecule has 2 rings (SSSR count). The lowest BCUT2D eigenvalue weighted by Crippen LogP contribution is -2.32. The van der Waals surface area contributed by atoms with Gasteiger partial charge in [-0.2, -0.15) is 4.31 Å². The first-order valence-corrected chi connectivity index (χ1v) is 9.86. The van der Waals surface area contributed by atoms with E-state index >= 15 is 0 Å². The fourth-order valence-electron chi connectivity index (χ4n) is 2.01. The van der Waals surface area contributed by atoms with Gasteiger partial charge in [-0.1, -0.05) is 12.2 Å². The minimum Gasteiger partial charge on any atom is -0.320 e. The van der Waals surface area contributed by atoms with Gasteiger partial charge in [-0.3, -0.25) is 14.1 Å². The van der Waals surface area contributed by atoms with Crippen molar-refractivity contribution in [2.24, 2.45) is 0 Å². The molecule has 0 amide bonds. The van der Waals surface area contributed by atoms with Gasteiger partial charge in [0.1, 0.15) is 17.5 Å². The van der Waals surface area contributed by atoms with E-state index in [1.807, 2.05) is 4.98 Å². The summed E-state index contributed by atoms with van der Waals surface area (Å²) in [5.74, 6) is -3.62. The topological polar surface area (TPSA) is 160 Å². The van der Waals surface area contributed by atoms with Gasteiger partial charge in [-0.15, -0.1) is 0 Å². The summed E-state index contributed by atoms with van der Waals surface area (Å²) in [6, 6.07) is 0. The van der Waals surface area contributed by atoms with E-state index < -0.39 is 56.9 Å². The standard InChI is InChI=1S/C9H12F2N2O9P2S/c10-5-3-13(8(14)12-7(5)25)6-1-2-9(11,21-6)4-20-24(18,19)22-23(15,16)17/h3,6H,1-2,4H2,(H,18,19)(H,12,14,25)(H2,15,16,17)/t6-,9+/m1/s1. The molecule has 1 aromatic rings. The summed E-state index contributed by atoms with van der Waals surface area (Å²) in [5.41, 5.74) is -0.862. The summed E-state index contributed by atoms with van der Waals surface area (Å²) in [6.07, 6.45) is -1.09. The van der Waals surface area contributed by atoms with Crippen molar-refractivity contribution in [2.45, 2.75) is 24.9 Å². The Morgan fingerprint density at radius 3 is 2.72 bits per heavy atom. The summed E-state index contributed by atoms with van der Waals surface area (Å²) in [5, 5.41) is 0. The van der Waals surface area contributed by atoms with E-state index in [1.54, 1.807) is 0 Å². The number of halogens is 2. The molecule has 25 heavy (non-hydrogen) atoms. The molecule has 0 aliphatic carbocycles. The highest BCUT2D eigenvalue weighted by molar-refractivity contribution is 7.71. The monoisotopic (exact) mass is 424 g/mol. The predicted molar refractivity (Wildman–Crippen MR) is 77.9 cm³/mol. The van der Waals surface area contributed by atoms with Crippen molar-refractivity contribution >= 4 is 27.9 Å².